The Morgan fingerprint density at radius 2 is 2.05 bits per heavy atom. The van der Waals surface area contributed by atoms with Gasteiger partial charge in [-0.05, 0) is 26.3 Å². The van der Waals surface area contributed by atoms with Crippen LogP contribution in [0.1, 0.15) is 30.0 Å². The fourth-order valence-electron chi connectivity index (χ4n) is 2.04. The van der Waals surface area contributed by atoms with Gasteiger partial charge in [0, 0.05) is 29.4 Å². The summed E-state index contributed by atoms with van der Waals surface area (Å²) >= 11 is 0. The first-order valence-corrected chi connectivity index (χ1v) is 7.02. The smallest absolute Gasteiger partial charge is 0.268 e. The van der Waals surface area contributed by atoms with Gasteiger partial charge >= 0.3 is 0 Å². The minimum Gasteiger partial charge on any atom is -0.370 e. The molecule has 0 fully saturated rings. The molecule has 0 spiro atoms. The molecule has 0 aromatic carbocycles. The van der Waals surface area contributed by atoms with Crippen molar-refractivity contribution in [1.82, 2.24) is 14.8 Å². The van der Waals surface area contributed by atoms with Gasteiger partial charge in [-0.25, -0.2) is 9.67 Å². The normalized spacial score (nSPS) is 10.6. The van der Waals surface area contributed by atoms with Crippen LogP contribution in [0.3, 0.4) is 0 Å². The molecule has 0 saturated heterocycles. The SMILES string of the molecule is CCCNc1ncccc1Cn1[nH]c(=O)c(C)c(C)c1=O. The third kappa shape index (κ3) is 3.21. The van der Waals surface area contributed by atoms with E-state index in [0.29, 0.717) is 11.1 Å². The number of hydrogen-bond acceptors (Lipinski definition) is 4. The molecule has 2 aromatic rings. The largest absolute Gasteiger partial charge is 0.370 e. The van der Waals surface area contributed by atoms with Gasteiger partial charge in [-0.1, -0.05) is 13.0 Å². The summed E-state index contributed by atoms with van der Waals surface area (Å²) in [7, 11) is 0. The van der Waals surface area contributed by atoms with Crippen LogP contribution >= 0.6 is 0 Å². The summed E-state index contributed by atoms with van der Waals surface area (Å²) in [6, 6.07) is 3.71. The van der Waals surface area contributed by atoms with Gasteiger partial charge < -0.3 is 5.32 Å². The van der Waals surface area contributed by atoms with Gasteiger partial charge in [0.1, 0.15) is 5.82 Å². The molecular weight excluding hydrogens is 268 g/mol. The highest BCUT2D eigenvalue weighted by molar-refractivity contribution is 5.43. The van der Waals surface area contributed by atoms with Crippen molar-refractivity contribution in [2.45, 2.75) is 33.7 Å². The predicted octanol–water partition coefficient (Wildman–Crippen LogP) is 1.42. The van der Waals surface area contributed by atoms with Crippen LogP contribution in [0.4, 0.5) is 5.82 Å². The molecule has 112 valence electrons. The monoisotopic (exact) mass is 288 g/mol. The van der Waals surface area contributed by atoms with E-state index in [2.05, 4.69) is 22.3 Å². The first-order valence-electron chi connectivity index (χ1n) is 7.02. The lowest BCUT2D eigenvalue weighted by Gasteiger charge is -2.12. The molecule has 0 amide bonds. The second-order valence-electron chi connectivity index (χ2n) is 5.02. The summed E-state index contributed by atoms with van der Waals surface area (Å²) in [4.78, 5) is 28.3. The Morgan fingerprint density at radius 3 is 2.76 bits per heavy atom. The molecule has 6 heteroatoms. The van der Waals surface area contributed by atoms with Crippen molar-refractivity contribution in [2.24, 2.45) is 0 Å². The maximum atomic E-state index is 12.2. The molecule has 0 aliphatic carbocycles. The summed E-state index contributed by atoms with van der Waals surface area (Å²) in [6.07, 6.45) is 2.68. The number of aromatic amines is 1. The Labute approximate surface area is 122 Å². The van der Waals surface area contributed by atoms with Crippen molar-refractivity contribution in [1.29, 1.82) is 0 Å². The average Bonchev–Trinajstić information content (AvgIpc) is 2.49. The van der Waals surface area contributed by atoms with Crippen molar-refractivity contribution in [3.63, 3.8) is 0 Å². The van der Waals surface area contributed by atoms with Crippen LogP contribution in [0.5, 0.6) is 0 Å². The minimum atomic E-state index is -0.237. The molecule has 6 nitrogen and oxygen atoms in total. The average molecular weight is 288 g/mol. The Kier molecular flexibility index (Phi) is 4.57. The zero-order chi connectivity index (χ0) is 15.4. The number of rotatable bonds is 5. The first-order chi connectivity index (χ1) is 10.0. The topological polar surface area (TPSA) is 79.8 Å². The van der Waals surface area contributed by atoms with Gasteiger partial charge in [0.15, 0.2) is 0 Å². The van der Waals surface area contributed by atoms with E-state index in [4.69, 9.17) is 0 Å². The van der Waals surface area contributed by atoms with Crippen LogP contribution < -0.4 is 16.4 Å². The van der Waals surface area contributed by atoms with Crippen LogP contribution in [0.15, 0.2) is 27.9 Å². The highest BCUT2D eigenvalue weighted by Crippen LogP contribution is 2.12. The van der Waals surface area contributed by atoms with E-state index >= 15 is 0 Å². The standard InChI is InChI=1S/C15H20N4O2/c1-4-7-16-13-12(6-5-8-17-13)9-19-15(21)11(3)10(2)14(20)18-19/h5-6,8H,4,7,9H2,1-3H3,(H,16,17)(H,18,20). The molecule has 0 bridgehead atoms. The van der Waals surface area contributed by atoms with E-state index in [1.165, 1.54) is 4.68 Å². The highest BCUT2D eigenvalue weighted by Gasteiger charge is 2.10. The second-order valence-corrected chi connectivity index (χ2v) is 5.02. The van der Waals surface area contributed by atoms with Gasteiger partial charge in [0.05, 0.1) is 6.54 Å². The molecule has 2 rings (SSSR count). The van der Waals surface area contributed by atoms with Gasteiger partial charge in [-0.2, -0.15) is 0 Å². The first kappa shape index (κ1) is 15.0. The van der Waals surface area contributed by atoms with E-state index in [-0.39, 0.29) is 17.7 Å². The van der Waals surface area contributed by atoms with E-state index in [1.54, 1.807) is 20.0 Å². The third-order valence-corrected chi connectivity index (χ3v) is 3.47. The molecule has 2 aromatic heterocycles. The number of nitrogens with zero attached hydrogens (tertiary/aromatic N) is 2. The molecule has 21 heavy (non-hydrogen) atoms. The molecule has 2 N–H and O–H groups in total. The number of H-pyrrole nitrogens is 1. The lowest BCUT2D eigenvalue weighted by Crippen LogP contribution is -2.33. The van der Waals surface area contributed by atoms with Crippen LogP contribution in [0.25, 0.3) is 0 Å². The van der Waals surface area contributed by atoms with E-state index in [9.17, 15) is 9.59 Å². The summed E-state index contributed by atoms with van der Waals surface area (Å²) in [6.45, 7) is 6.49. The van der Waals surface area contributed by atoms with Crippen LogP contribution in [-0.4, -0.2) is 21.3 Å². The summed E-state index contributed by atoms with van der Waals surface area (Å²) in [5.74, 6) is 0.741. The molecule has 0 aliphatic heterocycles. The molecule has 2 heterocycles. The van der Waals surface area contributed by atoms with Crippen molar-refractivity contribution < 1.29 is 0 Å². The minimum absolute atomic E-state index is 0.183. The summed E-state index contributed by atoms with van der Waals surface area (Å²) < 4.78 is 1.33. The fraction of sp³-hybridized carbons (Fsp3) is 0.400. The number of pyridine rings is 1. The number of anilines is 1. The predicted molar refractivity (Wildman–Crippen MR) is 82.9 cm³/mol. The Morgan fingerprint density at radius 1 is 1.29 bits per heavy atom. The van der Waals surface area contributed by atoms with Crippen molar-refractivity contribution in [3.05, 3.63) is 55.7 Å². The third-order valence-electron chi connectivity index (χ3n) is 3.47. The maximum Gasteiger partial charge on any atom is 0.268 e. The fourth-order valence-corrected chi connectivity index (χ4v) is 2.04. The van der Waals surface area contributed by atoms with Gasteiger partial charge in [0.2, 0.25) is 0 Å². The second kappa shape index (κ2) is 6.39. The quantitative estimate of drug-likeness (QED) is 0.872. The number of nitrogens with one attached hydrogen (secondary N) is 2. The molecular formula is C15H20N4O2. The van der Waals surface area contributed by atoms with Gasteiger partial charge in [-0.15, -0.1) is 0 Å². The summed E-state index contributed by atoms with van der Waals surface area (Å²) in [5, 5.41) is 5.83. The molecule has 0 atom stereocenters. The van der Waals surface area contributed by atoms with E-state index in [0.717, 1.165) is 24.3 Å². The van der Waals surface area contributed by atoms with Crippen molar-refractivity contribution in [2.75, 3.05) is 11.9 Å². The number of aromatic nitrogens is 3. The Bertz CT molecular complexity index is 746. The molecule has 0 unspecified atom stereocenters. The van der Waals surface area contributed by atoms with E-state index < -0.39 is 0 Å². The Hall–Kier alpha value is -2.37. The molecule has 0 aliphatic rings. The maximum absolute atomic E-state index is 12.2. The van der Waals surface area contributed by atoms with Crippen LogP contribution in [-0.2, 0) is 6.54 Å². The Balaban J connectivity index is 2.39. The van der Waals surface area contributed by atoms with Crippen LogP contribution in [0, 0.1) is 13.8 Å². The van der Waals surface area contributed by atoms with Crippen LogP contribution in [0.2, 0.25) is 0 Å². The lowest BCUT2D eigenvalue weighted by molar-refractivity contribution is 0.617. The zero-order valence-corrected chi connectivity index (χ0v) is 12.6. The molecule has 0 saturated carbocycles. The van der Waals surface area contributed by atoms with Crippen molar-refractivity contribution in [3.8, 4) is 0 Å². The van der Waals surface area contributed by atoms with Gasteiger partial charge in [0.25, 0.3) is 11.1 Å². The van der Waals surface area contributed by atoms with E-state index in [1.807, 2.05) is 12.1 Å². The molecule has 0 radical (unpaired) electrons. The van der Waals surface area contributed by atoms with Crippen molar-refractivity contribution >= 4 is 5.82 Å². The highest BCUT2D eigenvalue weighted by atomic mass is 16.2. The van der Waals surface area contributed by atoms with Gasteiger partial charge in [-0.3, -0.25) is 14.7 Å². The summed E-state index contributed by atoms with van der Waals surface area (Å²) in [5.41, 5.74) is 1.39. The zero-order valence-electron chi connectivity index (χ0n) is 12.6. The number of hydrogen-bond donors (Lipinski definition) is 2. The lowest BCUT2D eigenvalue weighted by atomic mass is 10.2.